The van der Waals surface area contributed by atoms with E-state index in [1.807, 2.05) is 60.7 Å². The van der Waals surface area contributed by atoms with E-state index in [-0.39, 0.29) is 37.1 Å². The molecule has 2 aliphatic rings. The Labute approximate surface area is 266 Å². The maximum atomic E-state index is 14.2. The van der Waals surface area contributed by atoms with Crippen LogP contribution >= 0.6 is 0 Å². The molecule has 0 radical (unpaired) electrons. The van der Waals surface area contributed by atoms with Crippen LogP contribution in [0.1, 0.15) is 47.1 Å². The molecule has 2 fully saturated rings. The zero-order valence-electron chi connectivity index (χ0n) is 25.8. The van der Waals surface area contributed by atoms with E-state index in [0.29, 0.717) is 44.3 Å². The summed E-state index contributed by atoms with van der Waals surface area (Å²) >= 11 is 0. The molecule has 0 bridgehead atoms. The summed E-state index contributed by atoms with van der Waals surface area (Å²) in [5, 5.41) is 0. The molecule has 0 aliphatic carbocycles. The van der Waals surface area contributed by atoms with Crippen molar-refractivity contribution in [2.45, 2.75) is 64.1 Å². The molecule has 3 amide bonds. The van der Waals surface area contributed by atoms with Gasteiger partial charge in [-0.15, -0.1) is 0 Å². The van der Waals surface area contributed by atoms with Gasteiger partial charge in [0.05, 0.1) is 18.0 Å². The Bertz CT molecular complexity index is 1520. The van der Waals surface area contributed by atoms with Gasteiger partial charge in [-0.05, 0) is 68.0 Å². The molecule has 3 aromatic carbocycles. The molecule has 2 saturated heterocycles. The molecule has 0 unspecified atom stereocenters. The van der Waals surface area contributed by atoms with E-state index < -0.39 is 36.0 Å². The lowest BCUT2D eigenvalue weighted by atomic mass is 9.90. The van der Waals surface area contributed by atoms with E-state index in [1.54, 1.807) is 22.8 Å². The number of amides is 3. The number of nitrogens with zero attached hydrogens (tertiary/aromatic N) is 3. The number of ether oxygens (including phenoxy) is 1. The van der Waals surface area contributed by atoms with E-state index in [2.05, 4.69) is 0 Å². The average Bonchev–Trinajstić information content (AvgIpc) is 3.03. The lowest BCUT2D eigenvalue weighted by molar-refractivity contribution is -0.173. The summed E-state index contributed by atoms with van der Waals surface area (Å²) in [5.41, 5.74) is 7.34. The SMILES string of the molecule is Cc1cc(COC(=O)N2C[C@H](Cc3ccccc3)C(=O)N3[C@@H]2CN(Cc2ccccc2)C(=O)[C@@H]3CCCCN)cc(C(F)(F)F)c1. The average molecular weight is 637 g/mol. The highest BCUT2D eigenvalue weighted by Crippen LogP contribution is 2.34. The van der Waals surface area contributed by atoms with Crippen LogP contribution in [0.4, 0.5) is 18.0 Å². The first-order chi connectivity index (χ1) is 22.0. The Hall–Kier alpha value is -4.38. The quantitative estimate of drug-likeness (QED) is 0.296. The lowest BCUT2D eigenvalue weighted by Crippen LogP contribution is -2.73. The zero-order valence-corrected chi connectivity index (χ0v) is 25.8. The Kier molecular flexibility index (Phi) is 10.3. The summed E-state index contributed by atoms with van der Waals surface area (Å²) in [7, 11) is 0. The number of halogens is 3. The third-order valence-corrected chi connectivity index (χ3v) is 8.55. The number of fused-ring (bicyclic) bond motifs is 1. The van der Waals surface area contributed by atoms with Gasteiger partial charge in [-0.3, -0.25) is 14.5 Å². The fourth-order valence-corrected chi connectivity index (χ4v) is 6.38. The van der Waals surface area contributed by atoms with E-state index >= 15 is 0 Å². The first kappa shape index (κ1) is 33.0. The molecule has 2 N–H and O–H groups in total. The largest absolute Gasteiger partial charge is 0.444 e. The minimum Gasteiger partial charge on any atom is -0.444 e. The number of aryl methyl sites for hydroxylation is 1. The molecule has 2 heterocycles. The standard InChI is InChI=1S/C35H39F3N4O4/c1-24-16-27(19-29(17-24)35(36,37)38)23-46-34(45)41-21-28(18-25-10-4-2-5-11-25)32(43)42-30(14-8-9-15-39)33(44)40(22-31(41)42)20-26-12-6-3-7-13-26/h2-7,10-13,16-17,19,28,30-31H,8-9,14-15,18,20-23,39H2,1H3/t28-,30-,31+/m0/s1. The van der Waals surface area contributed by atoms with Crippen molar-refractivity contribution in [2.24, 2.45) is 11.7 Å². The van der Waals surface area contributed by atoms with Crippen molar-refractivity contribution in [3.05, 3.63) is 107 Å². The third kappa shape index (κ3) is 7.70. The maximum absolute atomic E-state index is 14.2. The second kappa shape index (κ2) is 14.4. The lowest BCUT2D eigenvalue weighted by Gasteiger charge is -2.53. The predicted octanol–water partition coefficient (Wildman–Crippen LogP) is 5.52. The van der Waals surface area contributed by atoms with Gasteiger partial charge in [0, 0.05) is 13.1 Å². The van der Waals surface area contributed by atoms with Crippen molar-refractivity contribution in [3.63, 3.8) is 0 Å². The molecule has 0 saturated carbocycles. The molecular weight excluding hydrogens is 597 g/mol. The van der Waals surface area contributed by atoms with Gasteiger partial charge in [-0.25, -0.2) is 4.79 Å². The van der Waals surface area contributed by atoms with Crippen LogP contribution in [-0.2, 0) is 40.1 Å². The molecule has 8 nitrogen and oxygen atoms in total. The third-order valence-electron chi connectivity index (χ3n) is 8.55. The Morgan fingerprint density at radius 2 is 1.57 bits per heavy atom. The minimum absolute atomic E-state index is 0.0399. The van der Waals surface area contributed by atoms with Crippen LogP contribution in [0.2, 0.25) is 0 Å². The van der Waals surface area contributed by atoms with Crippen molar-refractivity contribution in [2.75, 3.05) is 19.6 Å². The van der Waals surface area contributed by atoms with E-state index in [9.17, 15) is 27.6 Å². The van der Waals surface area contributed by atoms with Crippen molar-refractivity contribution in [1.29, 1.82) is 0 Å². The highest BCUT2D eigenvalue weighted by Gasteiger charge is 2.51. The number of carbonyl (C=O) groups is 3. The Balaban J connectivity index is 1.46. The van der Waals surface area contributed by atoms with E-state index in [4.69, 9.17) is 10.5 Å². The monoisotopic (exact) mass is 636 g/mol. The highest BCUT2D eigenvalue weighted by molar-refractivity contribution is 5.91. The van der Waals surface area contributed by atoms with Gasteiger partial charge < -0.3 is 20.3 Å². The molecule has 5 rings (SSSR count). The number of piperazine rings is 1. The van der Waals surface area contributed by atoms with E-state index in [0.717, 1.165) is 23.3 Å². The van der Waals surface area contributed by atoms with Crippen molar-refractivity contribution < 1.29 is 32.3 Å². The van der Waals surface area contributed by atoms with E-state index in [1.165, 1.54) is 4.90 Å². The van der Waals surface area contributed by atoms with Gasteiger partial charge in [0.1, 0.15) is 18.8 Å². The number of carbonyl (C=O) groups excluding carboxylic acids is 3. The predicted molar refractivity (Wildman–Crippen MR) is 166 cm³/mol. The number of hydrogen-bond donors (Lipinski definition) is 1. The first-order valence-corrected chi connectivity index (χ1v) is 15.5. The normalized spacial score (nSPS) is 20.1. The molecule has 0 spiro atoms. The van der Waals surface area contributed by atoms with Crippen molar-refractivity contribution in [1.82, 2.24) is 14.7 Å². The van der Waals surface area contributed by atoms with Gasteiger partial charge in [0.2, 0.25) is 11.8 Å². The zero-order chi connectivity index (χ0) is 32.8. The number of unbranched alkanes of at least 4 members (excludes halogenated alkanes) is 1. The topological polar surface area (TPSA) is 96.2 Å². The fraction of sp³-hybridized carbons (Fsp3) is 0.400. The summed E-state index contributed by atoms with van der Waals surface area (Å²) in [4.78, 5) is 46.7. The fourth-order valence-electron chi connectivity index (χ4n) is 6.38. The summed E-state index contributed by atoms with van der Waals surface area (Å²) in [6.07, 6.45) is -4.09. The summed E-state index contributed by atoms with van der Waals surface area (Å²) in [6.45, 7) is 2.02. The number of alkyl halides is 3. The molecule has 0 aromatic heterocycles. The Morgan fingerprint density at radius 3 is 2.22 bits per heavy atom. The van der Waals surface area contributed by atoms with Gasteiger partial charge in [-0.1, -0.05) is 72.3 Å². The van der Waals surface area contributed by atoms with Crippen LogP contribution < -0.4 is 5.73 Å². The van der Waals surface area contributed by atoms with Crippen LogP contribution in [0.3, 0.4) is 0 Å². The molecule has 3 aromatic rings. The number of nitrogens with two attached hydrogens (primary N) is 1. The number of hydrogen-bond acceptors (Lipinski definition) is 5. The summed E-state index contributed by atoms with van der Waals surface area (Å²) in [5.74, 6) is -1.05. The molecule has 46 heavy (non-hydrogen) atoms. The van der Waals surface area contributed by atoms with Crippen LogP contribution in [-0.4, -0.2) is 64.4 Å². The van der Waals surface area contributed by atoms with Crippen molar-refractivity contribution >= 4 is 17.9 Å². The minimum atomic E-state index is -4.54. The van der Waals surface area contributed by atoms with Gasteiger partial charge in [0.25, 0.3) is 0 Å². The van der Waals surface area contributed by atoms with Crippen LogP contribution in [0.15, 0.2) is 78.9 Å². The number of benzene rings is 3. The maximum Gasteiger partial charge on any atom is 0.416 e. The second-order valence-corrected chi connectivity index (χ2v) is 12.0. The highest BCUT2D eigenvalue weighted by atomic mass is 19.4. The summed E-state index contributed by atoms with van der Waals surface area (Å²) < 4.78 is 46.0. The Morgan fingerprint density at radius 1 is 0.891 bits per heavy atom. The molecular formula is C35H39F3N4O4. The van der Waals surface area contributed by atoms with Crippen molar-refractivity contribution in [3.8, 4) is 0 Å². The molecule has 11 heteroatoms. The second-order valence-electron chi connectivity index (χ2n) is 12.0. The van der Waals surface area contributed by atoms with Gasteiger partial charge in [0.15, 0.2) is 0 Å². The van der Waals surface area contributed by atoms with Crippen LogP contribution in [0.25, 0.3) is 0 Å². The smallest absolute Gasteiger partial charge is 0.416 e. The summed E-state index contributed by atoms with van der Waals surface area (Å²) in [6, 6.07) is 21.6. The van der Waals surface area contributed by atoms with Crippen LogP contribution in [0, 0.1) is 12.8 Å². The first-order valence-electron chi connectivity index (χ1n) is 15.5. The molecule has 2 aliphatic heterocycles. The number of rotatable bonds is 10. The van der Waals surface area contributed by atoms with Crippen LogP contribution in [0.5, 0.6) is 0 Å². The molecule has 3 atom stereocenters. The molecule has 244 valence electrons. The van der Waals surface area contributed by atoms with Gasteiger partial charge in [-0.2, -0.15) is 13.2 Å². The van der Waals surface area contributed by atoms with Gasteiger partial charge >= 0.3 is 12.3 Å².